The summed E-state index contributed by atoms with van der Waals surface area (Å²) in [6, 6.07) is -0.351. The molecule has 1 unspecified atom stereocenters. The van der Waals surface area contributed by atoms with Crippen LogP contribution < -0.4 is 0 Å². The van der Waals surface area contributed by atoms with Crippen molar-refractivity contribution in [2.24, 2.45) is 5.92 Å². The van der Waals surface area contributed by atoms with Crippen LogP contribution >= 0.6 is 0 Å². The van der Waals surface area contributed by atoms with Gasteiger partial charge in [-0.25, -0.2) is 0 Å². The minimum absolute atomic E-state index is 0.351. The highest BCUT2D eigenvalue weighted by Crippen LogP contribution is 2.19. The van der Waals surface area contributed by atoms with E-state index in [2.05, 4.69) is 6.92 Å². The zero-order valence-electron chi connectivity index (χ0n) is 8.19. The molecule has 1 N–H and O–H groups in total. The van der Waals surface area contributed by atoms with Gasteiger partial charge in [-0.1, -0.05) is 6.92 Å². The van der Waals surface area contributed by atoms with Crippen LogP contribution in [0.15, 0.2) is 0 Å². The van der Waals surface area contributed by atoms with Crippen LogP contribution in [0.5, 0.6) is 0 Å². The number of ether oxygens (including phenoxy) is 1. The molecule has 76 valence electrons. The van der Waals surface area contributed by atoms with Crippen LogP contribution in [0, 0.1) is 5.92 Å². The van der Waals surface area contributed by atoms with E-state index in [9.17, 15) is 4.79 Å². The standard InChI is InChI=1S/C9H17NO3/c1-7-5-10(6-7)8(9(11)12)3-4-13-2/h7-8H,3-6H2,1-2H3,(H,11,12). The van der Waals surface area contributed by atoms with E-state index in [4.69, 9.17) is 9.84 Å². The first-order valence-electron chi connectivity index (χ1n) is 4.61. The fourth-order valence-electron chi connectivity index (χ4n) is 1.69. The molecule has 1 atom stereocenters. The first-order chi connectivity index (χ1) is 6.15. The predicted octanol–water partition coefficient (Wildman–Crippen LogP) is 0.428. The van der Waals surface area contributed by atoms with Gasteiger partial charge in [0.2, 0.25) is 0 Å². The largest absolute Gasteiger partial charge is 0.480 e. The van der Waals surface area contributed by atoms with Crippen LogP contribution in [-0.2, 0) is 9.53 Å². The van der Waals surface area contributed by atoms with Crippen LogP contribution in [-0.4, -0.2) is 48.8 Å². The summed E-state index contributed by atoms with van der Waals surface area (Å²) < 4.78 is 4.88. The first kappa shape index (κ1) is 10.5. The van der Waals surface area contributed by atoms with Crippen LogP contribution in [0.1, 0.15) is 13.3 Å². The van der Waals surface area contributed by atoms with Gasteiger partial charge in [0.1, 0.15) is 6.04 Å². The van der Waals surface area contributed by atoms with Gasteiger partial charge in [0, 0.05) is 26.8 Å². The van der Waals surface area contributed by atoms with Crippen molar-refractivity contribution in [1.29, 1.82) is 0 Å². The van der Waals surface area contributed by atoms with Crippen molar-refractivity contribution in [2.75, 3.05) is 26.8 Å². The van der Waals surface area contributed by atoms with E-state index >= 15 is 0 Å². The van der Waals surface area contributed by atoms with E-state index < -0.39 is 5.97 Å². The highest BCUT2D eigenvalue weighted by molar-refractivity contribution is 5.73. The molecule has 13 heavy (non-hydrogen) atoms. The number of hydrogen-bond acceptors (Lipinski definition) is 3. The summed E-state index contributed by atoms with van der Waals surface area (Å²) in [5.74, 6) is -0.0895. The molecule has 0 amide bonds. The van der Waals surface area contributed by atoms with Crippen molar-refractivity contribution in [1.82, 2.24) is 4.90 Å². The Morgan fingerprint density at radius 2 is 2.31 bits per heavy atom. The average Bonchev–Trinajstić information content (AvgIpc) is 2.01. The second kappa shape index (κ2) is 4.58. The minimum atomic E-state index is -0.732. The highest BCUT2D eigenvalue weighted by atomic mass is 16.5. The second-order valence-corrected chi connectivity index (χ2v) is 3.69. The number of carboxylic acids is 1. The molecule has 1 aliphatic rings. The molecule has 1 aliphatic heterocycles. The summed E-state index contributed by atoms with van der Waals surface area (Å²) in [6.45, 7) is 4.45. The molecule has 1 heterocycles. The van der Waals surface area contributed by atoms with E-state index in [-0.39, 0.29) is 6.04 Å². The van der Waals surface area contributed by atoms with Gasteiger partial charge in [-0.3, -0.25) is 9.69 Å². The lowest BCUT2D eigenvalue weighted by molar-refractivity contribution is -0.147. The molecule has 0 bridgehead atoms. The lowest BCUT2D eigenvalue weighted by atomic mass is 9.98. The van der Waals surface area contributed by atoms with Crippen molar-refractivity contribution >= 4 is 5.97 Å². The van der Waals surface area contributed by atoms with E-state index in [0.29, 0.717) is 18.9 Å². The zero-order valence-corrected chi connectivity index (χ0v) is 8.19. The number of aliphatic carboxylic acids is 1. The molecule has 4 heteroatoms. The molecule has 0 saturated carbocycles. The van der Waals surface area contributed by atoms with Gasteiger partial charge >= 0.3 is 5.97 Å². The Hall–Kier alpha value is -0.610. The van der Waals surface area contributed by atoms with Crippen molar-refractivity contribution in [2.45, 2.75) is 19.4 Å². The SMILES string of the molecule is COCCC(C(=O)O)N1CC(C)C1. The van der Waals surface area contributed by atoms with Crippen molar-refractivity contribution in [3.63, 3.8) is 0 Å². The van der Waals surface area contributed by atoms with Gasteiger partial charge in [0.15, 0.2) is 0 Å². The van der Waals surface area contributed by atoms with E-state index in [1.165, 1.54) is 0 Å². The molecule has 0 spiro atoms. The Balaban J connectivity index is 2.34. The number of hydrogen-bond donors (Lipinski definition) is 1. The van der Waals surface area contributed by atoms with E-state index in [1.807, 2.05) is 4.90 Å². The number of carboxylic acid groups (broad SMARTS) is 1. The third-order valence-electron chi connectivity index (χ3n) is 2.41. The molecule has 0 radical (unpaired) electrons. The average molecular weight is 187 g/mol. The summed E-state index contributed by atoms with van der Waals surface area (Å²) in [5.41, 5.74) is 0. The minimum Gasteiger partial charge on any atom is -0.480 e. The van der Waals surface area contributed by atoms with Gasteiger partial charge in [0.25, 0.3) is 0 Å². The third kappa shape index (κ3) is 2.67. The van der Waals surface area contributed by atoms with Crippen LogP contribution in [0.4, 0.5) is 0 Å². The number of likely N-dealkylation sites (tertiary alicyclic amines) is 1. The monoisotopic (exact) mass is 187 g/mol. The molecule has 0 aliphatic carbocycles. The number of carbonyl (C=O) groups is 1. The zero-order chi connectivity index (χ0) is 9.84. The first-order valence-corrected chi connectivity index (χ1v) is 4.61. The highest BCUT2D eigenvalue weighted by Gasteiger charge is 2.33. The molecular formula is C9H17NO3. The molecule has 4 nitrogen and oxygen atoms in total. The number of methoxy groups -OCH3 is 1. The van der Waals surface area contributed by atoms with Gasteiger partial charge in [0.05, 0.1) is 0 Å². The molecule has 0 aromatic rings. The quantitative estimate of drug-likeness (QED) is 0.678. The topological polar surface area (TPSA) is 49.8 Å². The Morgan fingerprint density at radius 1 is 1.69 bits per heavy atom. The van der Waals surface area contributed by atoms with Crippen molar-refractivity contribution in [3.8, 4) is 0 Å². The molecule has 1 saturated heterocycles. The maximum atomic E-state index is 10.8. The summed E-state index contributed by atoms with van der Waals surface area (Å²) in [6.07, 6.45) is 0.582. The third-order valence-corrected chi connectivity index (χ3v) is 2.41. The van der Waals surface area contributed by atoms with Crippen molar-refractivity contribution in [3.05, 3.63) is 0 Å². The normalized spacial score (nSPS) is 21.1. The predicted molar refractivity (Wildman–Crippen MR) is 48.7 cm³/mol. The number of rotatable bonds is 5. The Kier molecular flexibility index (Phi) is 3.69. The van der Waals surface area contributed by atoms with Gasteiger partial charge in [-0.05, 0) is 12.3 Å². The van der Waals surface area contributed by atoms with Gasteiger partial charge in [-0.2, -0.15) is 0 Å². The van der Waals surface area contributed by atoms with Gasteiger partial charge < -0.3 is 9.84 Å². The fraction of sp³-hybridized carbons (Fsp3) is 0.889. The summed E-state index contributed by atoms with van der Waals surface area (Å²) in [5, 5.41) is 8.92. The lowest BCUT2D eigenvalue weighted by Crippen LogP contribution is -2.54. The van der Waals surface area contributed by atoms with Crippen LogP contribution in [0.2, 0.25) is 0 Å². The Morgan fingerprint density at radius 3 is 2.69 bits per heavy atom. The van der Waals surface area contributed by atoms with Gasteiger partial charge in [-0.15, -0.1) is 0 Å². The van der Waals surface area contributed by atoms with Crippen molar-refractivity contribution < 1.29 is 14.6 Å². The molecular weight excluding hydrogens is 170 g/mol. The summed E-state index contributed by atoms with van der Waals surface area (Å²) >= 11 is 0. The number of nitrogens with zero attached hydrogens (tertiary/aromatic N) is 1. The Bertz CT molecular complexity index is 178. The smallest absolute Gasteiger partial charge is 0.321 e. The maximum Gasteiger partial charge on any atom is 0.321 e. The maximum absolute atomic E-state index is 10.8. The Labute approximate surface area is 78.5 Å². The second-order valence-electron chi connectivity index (χ2n) is 3.69. The molecule has 1 fully saturated rings. The summed E-state index contributed by atoms with van der Waals surface area (Å²) in [7, 11) is 1.59. The molecule has 0 aromatic heterocycles. The summed E-state index contributed by atoms with van der Waals surface area (Å²) in [4.78, 5) is 12.8. The van der Waals surface area contributed by atoms with Crippen LogP contribution in [0.25, 0.3) is 0 Å². The fourth-order valence-corrected chi connectivity index (χ4v) is 1.69. The van der Waals surface area contributed by atoms with Crippen LogP contribution in [0.3, 0.4) is 0 Å². The molecule has 1 rings (SSSR count). The lowest BCUT2D eigenvalue weighted by Gasteiger charge is -2.41. The van der Waals surface area contributed by atoms with E-state index in [1.54, 1.807) is 7.11 Å². The van der Waals surface area contributed by atoms with E-state index in [0.717, 1.165) is 13.1 Å². The molecule has 0 aromatic carbocycles.